The Kier molecular flexibility index (Phi) is 3.98. The zero-order valence-electron chi connectivity index (χ0n) is 8.87. The summed E-state index contributed by atoms with van der Waals surface area (Å²) < 4.78 is 0. The van der Waals surface area contributed by atoms with Crippen molar-refractivity contribution in [2.24, 2.45) is 5.73 Å². The lowest BCUT2D eigenvalue weighted by Crippen LogP contribution is -2.12. The molecule has 0 aromatic heterocycles. The lowest BCUT2D eigenvalue weighted by atomic mass is 10.0. The average molecular weight is 211 g/mol. The van der Waals surface area contributed by atoms with Crippen molar-refractivity contribution in [1.29, 1.82) is 0 Å². The number of hydrogen-bond donors (Lipinski definition) is 2. The Hall–Kier alpha value is -0.510. The van der Waals surface area contributed by atoms with Crippen LogP contribution in [0.2, 0.25) is 0 Å². The van der Waals surface area contributed by atoms with E-state index in [0.717, 1.165) is 10.5 Å². The number of aliphatic hydroxyl groups excluding tert-OH is 1. The molecule has 0 saturated carbocycles. The first kappa shape index (κ1) is 11.6. The van der Waals surface area contributed by atoms with Crippen molar-refractivity contribution >= 4 is 11.8 Å². The molecule has 0 spiro atoms. The van der Waals surface area contributed by atoms with Crippen LogP contribution in [0.3, 0.4) is 0 Å². The quantitative estimate of drug-likeness (QED) is 0.752. The summed E-state index contributed by atoms with van der Waals surface area (Å²) in [5.74, 6) is 0. The van der Waals surface area contributed by atoms with Gasteiger partial charge in [0.25, 0.3) is 0 Å². The number of nitrogens with two attached hydrogens (primary N) is 1. The van der Waals surface area contributed by atoms with Crippen LogP contribution in [0.1, 0.15) is 22.8 Å². The van der Waals surface area contributed by atoms with Crippen LogP contribution in [0.5, 0.6) is 0 Å². The lowest BCUT2D eigenvalue weighted by molar-refractivity contribution is 0.184. The minimum absolute atomic E-state index is 0.274. The lowest BCUT2D eigenvalue weighted by Gasteiger charge is -2.15. The molecule has 3 N–H and O–H groups in total. The van der Waals surface area contributed by atoms with Gasteiger partial charge in [-0.2, -0.15) is 0 Å². The second-order valence-electron chi connectivity index (χ2n) is 3.43. The zero-order valence-corrected chi connectivity index (χ0v) is 9.69. The minimum Gasteiger partial charge on any atom is -0.387 e. The Bertz CT molecular complexity index is 325. The third kappa shape index (κ3) is 2.29. The Morgan fingerprint density at radius 2 is 1.93 bits per heavy atom. The number of aliphatic hydroxyl groups is 1. The maximum Gasteiger partial charge on any atom is 0.0923 e. The van der Waals surface area contributed by atoms with Crippen LogP contribution < -0.4 is 5.73 Å². The van der Waals surface area contributed by atoms with Crippen LogP contribution >= 0.6 is 11.8 Å². The summed E-state index contributed by atoms with van der Waals surface area (Å²) in [4.78, 5) is 1.12. The molecule has 1 aromatic rings. The predicted molar refractivity (Wildman–Crippen MR) is 61.7 cm³/mol. The molecule has 0 aliphatic rings. The molecule has 0 saturated heterocycles. The molecule has 1 atom stereocenters. The van der Waals surface area contributed by atoms with Crippen molar-refractivity contribution in [3.05, 3.63) is 28.8 Å². The number of aryl methyl sites for hydroxylation is 2. The number of thioether (sulfide) groups is 1. The molecule has 0 aliphatic heterocycles. The summed E-state index contributed by atoms with van der Waals surface area (Å²) in [5, 5.41) is 9.72. The zero-order chi connectivity index (χ0) is 10.7. The number of hydrogen-bond acceptors (Lipinski definition) is 3. The molecule has 0 bridgehead atoms. The molecule has 0 radical (unpaired) electrons. The predicted octanol–water partition coefficient (Wildman–Crippen LogP) is 2.02. The fourth-order valence-electron chi connectivity index (χ4n) is 1.38. The van der Waals surface area contributed by atoms with E-state index in [4.69, 9.17) is 5.73 Å². The molecular weight excluding hydrogens is 194 g/mol. The average Bonchev–Trinajstić information content (AvgIpc) is 2.20. The third-order valence-corrected chi connectivity index (χ3v) is 3.22. The molecule has 1 rings (SSSR count). The first-order valence-electron chi connectivity index (χ1n) is 4.63. The smallest absolute Gasteiger partial charge is 0.0923 e. The van der Waals surface area contributed by atoms with E-state index in [1.165, 1.54) is 11.1 Å². The third-order valence-electron chi connectivity index (χ3n) is 2.43. The Labute approximate surface area is 89.5 Å². The van der Waals surface area contributed by atoms with Gasteiger partial charge in [-0.05, 0) is 42.9 Å². The standard InChI is InChI=1S/C11H17NOS/c1-7-4-9(10(13)6-12)11(14-3)5-8(7)2/h4-5,10,13H,6,12H2,1-3H3. The molecular formula is C11H17NOS. The van der Waals surface area contributed by atoms with E-state index in [0.29, 0.717) is 0 Å². The summed E-state index contributed by atoms with van der Waals surface area (Å²) in [6.45, 7) is 4.40. The normalized spacial score (nSPS) is 12.9. The molecule has 0 heterocycles. The van der Waals surface area contributed by atoms with Crippen LogP contribution in [0.15, 0.2) is 17.0 Å². The number of benzene rings is 1. The van der Waals surface area contributed by atoms with E-state index in [2.05, 4.69) is 13.0 Å². The molecule has 3 heteroatoms. The largest absolute Gasteiger partial charge is 0.387 e. The molecule has 14 heavy (non-hydrogen) atoms. The van der Waals surface area contributed by atoms with Gasteiger partial charge in [-0.15, -0.1) is 11.8 Å². The fourth-order valence-corrected chi connectivity index (χ4v) is 2.10. The molecule has 78 valence electrons. The Morgan fingerprint density at radius 1 is 1.36 bits per heavy atom. The van der Waals surface area contributed by atoms with Gasteiger partial charge in [-0.1, -0.05) is 6.07 Å². The van der Waals surface area contributed by atoms with E-state index >= 15 is 0 Å². The first-order chi connectivity index (χ1) is 6.60. The van der Waals surface area contributed by atoms with E-state index in [1.54, 1.807) is 11.8 Å². The van der Waals surface area contributed by atoms with Gasteiger partial charge in [-0.3, -0.25) is 0 Å². The summed E-state index contributed by atoms with van der Waals surface area (Å²) in [5.41, 5.74) is 8.86. The van der Waals surface area contributed by atoms with Gasteiger partial charge in [-0.25, -0.2) is 0 Å². The second kappa shape index (κ2) is 4.82. The highest BCUT2D eigenvalue weighted by Gasteiger charge is 2.11. The van der Waals surface area contributed by atoms with Crippen molar-refractivity contribution in [1.82, 2.24) is 0 Å². The van der Waals surface area contributed by atoms with Crippen molar-refractivity contribution in [2.75, 3.05) is 12.8 Å². The Morgan fingerprint density at radius 3 is 2.43 bits per heavy atom. The van der Waals surface area contributed by atoms with Gasteiger partial charge >= 0.3 is 0 Å². The highest BCUT2D eigenvalue weighted by molar-refractivity contribution is 7.98. The summed E-state index contributed by atoms with van der Waals surface area (Å²) in [6.07, 6.45) is 1.47. The molecule has 0 amide bonds. The molecule has 1 aromatic carbocycles. The van der Waals surface area contributed by atoms with Gasteiger partial charge in [0.2, 0.25) is 0 Å². The fraction of sp³-hybridized carbons (Fsp3) is 0.455. The SMILES string of the molecule is CSc1cc(C)c(C)cc1C(O)CN. The Balaban J connectivity index is 3.19. The van der Waals surface area contributed by atoms with E-state index in [9.17, 15) is 5.11 Å². The van der Waals surface area contributed by atoms with E-state index < -0.39 is 6.10 Å². The highest BCUT2D eigenvalue weighted by Crippen LogP contribution is 2.28. The highest BCUT2D eigenvalue weighted by atomic mass is 32.2. The monoisotopic (exact) mass is 211 g/mol. The van der Waals surface area contributed by atoms with Crippen LogP contribution in [0.4, 0.5) is 0 Å². The maximum absolute atomic E-state index is 9.72. The summed E-state index contributed by atoms with van der Waals surface area (Å²) in [6, 6.07) is 4.13. The van der Waals surface area contributed by atoms with Crippen molar-refractivity contribution in [3.63, 3.8) is 0 Å². The molecule has 0 fully saturated rings. The summed E-state index contributed by atoms with van der Waals surface area (Å²) in [7, 11) is 0. The molecule has 2 nitrogen and oxygen atoms in total. The van der Waals surface area contributed by atoms with E-state index in [1.807, 2.05) is 19.2 Å². The van der Waals surface area contributed by atoms with Gasteiger partial charge in [0, 0.05) is 11.4 Å². The number of rotatable bonds is 3. The molecule has 0 aliphatic carbocycles. The minimum atomic E-state index is -0.545. The van der Waals surface area contributed by atoms with E-state index in [-0.39, 0.29) is 6.54 Å². The summed E-state index contributed by atoms with van der Waals surface area (Å²) >= 11 is 1.65. The van der Waals surface area contributed by atoms with Gasteiger partial charge in [0.05, 0.1) is 6.10 Å². The maximum atomic E-state index is 9.72. The van der Waals surface area contributed by atoms with Crippen molar-refractivity contribution < 1.29 is 5.11 Å². The van der Waals surface area contributed by atoms with Crippen LogP contribution in [-0.2, 0) is 0 Å². The first-order valence-corrected chi connectivity index (χ1v) is 5.86. The van der Waals surface area contributed by atoms with Crippen molar-refractivity contribution in [3.8, 4) is 0 Å². The van der Waals surface area contributed by atoms with Gasteiger partial charge < -0.3 is 10.8 Å². The van der Waals surface area contributed by atoms with Crippen molar-refractivity contribution in [2.45, 2.75) is 24.8 Å². The van der Waals surface area contributed by atoms with Crippen LogP contribution in [0, 0.1) is 13.8 Å². The topological polar surface area (TPSA) is 46.2 Å². The second-order valence-corrected chi connectivity index (χ2v) is 4.28. The van der Waals surface area contributed by atoms with Gasteiger partial charge in [0.15, 0.2) is 0 Å². The van der Waals surface area contributed by atoms with Crippen LogP contribution in [0.25, 0.3) is 0 Å². The van der Waals surface area contributed by atoms with Crippen LogP contribution in [-0.4, -0.2) is 17.9 Å². The van der Waals surface area contributed by atoms with Gasteiger partial charge in [0.1, 0.15) is 0 Å². The molecule has 1 unspecified atom stereocenters.